The van der Waals surface area contributed by atoms with Gasteiger partial charge in [-0.1, -0.05) is 14.9 Å². The molecule has 34 heavy (non-hydrogen) atoms. The van der Waals surface area contributed by atoms with Crippen LogP contribution in [-0.4, -0.2) is 116 Å². The largest absolute Gasteiger partial charge is 0.354 e. The number of carbonyl (C=O) groups is 1. The van der Waals surface area contributed by atoms with Crippen molar-refractivity contribution in [3.8, 4) is 0 Å². The molecule has 2 aliphatic carbocycles. The number of hydrogen-bond acceptors (Lipinski definition) is 6. The standard InChI is InChI=1S/C13H25N3O.C11H23N3.2CH4.ClH/c1-11(17)14-12-3-5-13(6-4-12)16-9-7-15(2)8-10-16;1-13-6-8-14(9-7-13)11-4-2-10(12)3-5-11;;;/h12-13H,3-10H2,1-2H3,(H,14,17);10-11H,2-9,12H2,1H3;2*1H4;1H. The molecule has 2 aliphatic heterocycles. The summed E-state index contributed by atoms with van der Waals surface area (Å²) in [5.41, 5.74) is 5.92. The molecule has 4 aliphatic rings. The van der Waals surface area contributed by atoms with Crippen LogP contribution in [0.5, 0.6) is 0 Å². The molecule has 0 aromatic heterocycles. The monoisotopic (exact) mass is 504 g/mol. The second-order valence-electron chi connectivity index (χ2n) is 10.5. The van der Waals surface area contributed by atoms with Crippen molar-refractivity contribution in [2.24, 2.45) is 5.73 Å². The van der Waals surface area contributed by atoms with Crippen LogP contribution in [-0.2, 0) is 4.79 Å². The molecule has 1 amide bonds. The quantitative estimate of drug-likeness (QED) is 0.616. The Labute approximate surface area is 217 Å². The van der Waals surface area contributed by atoms with Gasteiger partial charge in [0.25, 0.3) is 0 Å². The average Bonchev–Trinajstić information content (AvgIpc) is 2.76. The summed E-state index contributed by atoms with van der Waals surface area (Å²) in [4.78, 5) is 21.1. The molecule has 0 spiro atoms. The number of nitrogens with two attached hydrogens (primary N) is 1. The molecule has 0 aromatic carbocycles. The second kappa shape index (κ2) is 17.1. The van der Waals surface area contributed by atoms with Gasteiger partial charge in [0.05, 0.1) is 0 Å². The molecule has 0 bridgehead atoms. The maximum Gasteiger partial charge on any atom is 0.217 e. The summed E-state index contributed by atoms with van der Waals surface area (Å²) < 4.78 is 0. The number of carbonyl (C=O) groups excluding carboxylic acids is 1. The first-order valence-corrected chi connectivity index (χ1v) is 12.8. The summed E-state index contributed by atoms with van der Waals surface area (Å²) in [5.74, 6) is 0.119. The van der Waals surface area contributed by atoms with Crippen LogP contribution in [0.15, 0.2) is 0 Å². The van der Waals surface area contributed by atoms with E-state index < -0.39 is 0 Å². The predicted molar refractivity (Wildman–Crippen MR) is 149 cm³/mol. The summed E-state index contributed by atoms with van der Waals surface area (Å²) in [6.45, 7) is 11.4. The molecule has 2 heterocycles. The fourth-order valence-corrected chi connectivity index (χ4v) is 5.71. The van der Waals surface area contributed by atoms with Crippen LogP contribution < -0.4 is 11.1 Å². The molecule has 8 heteroatoms. The zero-order chi connectivity index (χ0) is 22.2. The molecule has 2 saturated carbocycles. The van der Waals surface area contributed by atoms with Crippen LogP contribution in [0.1, 0.15) is 73.1 Å². The number of nitrogens with zero attached hydrogens (tertiary/aromatic N) is 4. The maximum absolute atomic E-state index is 11.0. The van der Waals surface area contributed by atoms with Crippen LogP contribution in [0.4, 0.5) is 0 Å². The van der Waals surface area contributed by atoms with Gasteiger partial charge in [0, 0.05) is 83.4 Å². The molecule has 2 saturated heterocycles. The Morgan fingerprint density at radius 2 is 1.03 bits per heavy atom. The molecule has 4 rings (SSSR count). The number of nitrogens with one attached hydrogen (secondary N) is 1. The molecule has 3 N–H and O–H groups in total. The van der Waals surface area contributed by atoms with Crippen molar-refractivity contribution in [3.63, 3.8) is 0 Å². The van der Waals surface area contributed by atoms with Crippen LogP contribution >= 0.6 is 12.4 Å². The Kier molecular flexibility index (Phi) is 16.9. The minimum Gasteiger partial charge on any atom is -0.354 e. The second-order valence-corrected chi connectivity index (χ2v) is 10.5. The Bertz CT molecular complexity index is 501. The van der Waals surface area contributed by atoms with E-state index >= 15 is 0 Å². The first kappa shape index (κ1) is 33.6. The molecule has 204 valence electrons. The van der Waals surface area contributed by atoms with Gasteiger partial charge in [-0.2, -0.15) is 0 Å². The van der Waals surface area contributed by atoms with Crippen LogP contribution in [0.25, 0.3) is 0 Å². The molecular weight excluding hydrogens is 448 g/mol. The first-order chi connectivity index (χ1) is 14.9. The molecule has 0 aromatic rings. The van der Waals surface area contributed by atoms with Crippen molar-refractivity contribution >= 4 is 18.3 Å². The van der Waals surface area contributed by atoms with E-state index in [1.54, 1.807) is 6.92 Å². The van der Waals surface area contributed by atoms with E-state index in [4.69, 9.17) is 5.73 Å². The third-order valence-electron chi connectivity index (χ3n) is 7.95. The predicted octanol–water partition coefficient (Wildman–Crippen LogP) is 2.88. The molecule has 7 nitrogen and oxygen atoms in total. The lowest BCUT2D eigenvalue weighted by Gasteiger charge is -2.41. The summed E-state index contributed by atoms with van der Waals surface area (Å²) in [6.07, 6.45) is 9.90. The van der Waals surface area contributed by atoms with Gasteiger partial charge in [0.1, 0.15) is 0 Å². The van der Waals surface area contributed by atoms with E-state index in [1.807, 2.05) is 0 Å². The number of hydrogen-bond donors (Lipinski definition) is 2. The number of likely N-dealkylation sites (N-methyl/N-ethyl adjacent to an activating group) is 2. The lowest BCUT2D eigenvalue weighted by Crippen LogP contribution is -2.51. The van der Waals surface area contributed by atoms with E-state index in [1.165, 1.54) is 90.9 Å². The van der Waals surface area contributed by atoms with Gasteiger partial charge in [0.2, 0.25) is 5.91 Å². The first-order valence-electron chi connectivity index (χ1n) is 12.8. The number of amides is 1. The van der Waals surface area contributed by atoms with Crippen LogP contribution in [0.2, 0.25) is 0 Å². The summed E-state index contributed by atoms with van der Waals surface area (Å²) >= 11 is 0. The van der Waals surface area contributed by atoms with E-state index in [0.29, 0.717) is 12.1 Å². The highest BCUT2D eigenvalue weighted by Crippen LogP contribution is 2.24. The van der Waals surface area contributed by atoms with Crippen LogP contribution in [0.3, 0.4) is 0 Å². The average molecular weight is 505 g/mol. The SMILES string of the molecule is C.C.CC(=O)NC1CCC(N2CCN(C)CC2)CC1.CN1CCN(C2CCC(N)CC2)CC1.Cl. The lowest BCUT2D eigenvalue weighted by molar-refractivity contribution is -0.119. The fourth-order valence-electron chi connectivity index (χ4n) is 5.71. The Hall–Kier alpha value is -0.440. The van der Waals surface area contributed by atoms with E-state index in [-0.39, 0.29) is 33.2 Å². The topological polar surface area (TPSA) is 68.1 Å². The Balaban J connectivity index is 0.000000597. The molecule has 0 radical (unpaired) electrons. The van der Waals surface area contributed by atoms with Gasteiger partial charge in [-0.3, -0.25) is 14.6 Å². The minimum absolute atomic E-state index is 0. The fraction of sp³-hybridized carbons (Fsp3) is 0.962. The highest BCUT2D eigenvalue weighted by Gasteiger charge is 2.28. The van der Waals surface area contributed by atoms with Crippen molar-refractivity contribution in [2.45, 2.75) is 97.3 Å². The third-order valence-corrected chi connectivity index (χ3v) is 7.95. The van der Waals surface area contributed by atoms with E-state index in [0.717, 1.165) is 24.9 Å². The van der Waals surface area contributed by atoms with Crippen molar-refractivity contribution in [2.75, 3.05) is 66.5 Å². The van der Waals surface area contributed by atoms with Crippen LogP contribution in [0, 0.1) is 0 Å². The Morgan fingerprint density at radius 1 is 0.676 bits per heavy atom. The highest BCUT2D eigenvalue weighted by molar-refractivity contribution is 5.85. The molecule has 0 unspecified atom stereocenters. The molecule has 4 fully saturated rings. The lowest BCUT2D eigenvalue weighted by atomic mass is 9.90. The number of halogens is 1. The van der Waals surface area contributed by atoms with Gasteiger partial charge in [-0.05, 0) is 65.5 Å². The third kappa shape index (κ3) is 11.1. The summed E-state index contributed by atoms with van der Waals surface area (Å²) in [5, 5.41) is 3.05. The zero-order valence-electron chi connectivity index (χ0n) is 20.8. The zero-order valence-corrected chi connectivity index (χ0v) is 21.6. The van der Waals surface area contributed by atoms with Gasteiger partial charge < -0.3 is 20.9 Å². The maximum atomic E-state index is 11.0. The molecular formula is C26H57ClN6O. The normalized spacial score (nSPS) is 31.5. The van der Waals surface area contributed by atoms with E-state index in [9.17, 15) is 4.79 Å². The van der Waals surface area contributed by atoms with Gasteiger partial charge in [0.15, 0.2) is 0 Å². The van der Waals surface area contributed by atoms with Gasteiger partial charge in [-0.15, -0.1) is 12.4 Å². The highest BCUT2D eigenvalue weighted by atomic mass is 35.5. The van der Waals surface area contributed by atoms with Crippen molar-refractivity contribution in [1.29, 1.82) is 0 Å². The number of rotatable bonds is 3. The van der Waals surface area contributed by atoms with Gasteiger partial charge >= 0.3 is 0 Å². The minimum atomic E-state index is 0. The van der Waals surface area contributed by atoms with E-state index in [2.05, 4.69) is 39.0 Å². The summed E-state index contributed by atoms with van der Waals surface area (Å²) in [6, 6.07) is 2.51. The Morgan fingerprint density at radius 3 is 1.38 bits per heavy atom. The van der Waals surface area contributed by atoms with Gasteiger partial charge in [-0.25, -0.2) is 0 Å². The van der Waals surface area contributed by atoms with Crippen molar-refractivity contribution in [1.82, 2.24) is 24.9 Å². The smallest absolute Gasteiger partial charge is 0.217 e. The van der Waals surface area contributed by atoms with Crippen molar-refractivity contribution < 1.29 is 4.79 Å². The summed E-state index contributed by atoms with van der Waals surface area (Å²) in [7, 11) is 4.42. The van der Waals surface area contributed by atoms with Crippen molar-refractivity contribution in [3.05, 3.63) is 0 Å². The number of piperazine rings is 2. The molecule has 0 atom stereocenters.